The number of alkyl carbamates (subject to hydrolysis) is 1. The average Bonchev–Trinajstić information content (AvgIpc) is 3.42. The van der Waals surface area contributed by atoms with E-state index in [0.717, 1.165) is 25.7 Å². The molecule has 0 aliphatic carbocycles. The van der Waals surface area contributed by atoms with Gasteiger partial charge < -0.3 is 19.7 Å². The van der Waals surface area contributed by atoms with Gasteiger partial charge in [0.2, 0.25) is 0 Å². The fraction of sp³-hybridized carbons (Fsp3) is 0.417. The van der Waals surface area contributed by atoms with Gasteiger partial charge in [-0.15, -0.1) is 0 Å². The second kappa shape index (κ2) is 9.66. The molecule has 0 radical (unpaired) electrons. The molecule has 1 fully saturated rings. The van der Waals surface area contributed by atoms with Crippen molar-refractivity contribution in [3.63, 3.8) is 0 Å². The minimum Gasteiger partial charge on any atom is -0.491 e. The molecule has 3 aromatic rings. The zero-order valence-electron chi connectivity index (χ0n) is 19.5. The Bertz CT molecular complexity index is 1190. The maximum absolute atomic E-state index is 14.2. The zero-order valence-corrected chi connectivity index (χ0v) is 19.5. The second-order valence-corrected chi connectivity index (χ2v) is 9.08. The van der Waals surface area contributed by atoms with E-state index < -0.39 is 11.7 Å². The summed E-state index contributed by atoms with van der Waals surface area (Å²) in [4.78, 5) is 29.9. The summed E-state index contributed by atoms with van der Waals surface area (Å²) in [7, 11) is 0. The lowest BCUT2D eigenvalue weighted by Gasteiger charge is -2.27. The highest BCUT2D eigenvalue weighted by Gasteiger charge is 2.30. The molecule has 1 N–H and O–H groups in total. The third kappa shape index (κ3) is 5.27. The fourth-order valence-electron chi connectivity index (χ4n) is 4.02. The molecule has 0 saturated carbocycles. The SMILES string of the molecule is CC(C)(C)OC(=O)NCCOc1ccc(F)cc1[C@H]1CCCN1c1ccn2ncc(C=O)c2n1. The number of hydrogen-bond acceptors (Lipinski definition) is 7. The Balaban J connectivity index is 1.50. The molecule has 1 saturated heterocycles. The van der Waals surface area contributed by atoms with Crippen LogP contribution in [0.15, 0.2) is 36.7 Å². The fourth-order valence-corrected chi connectivity index (χ4v) is 4.02. The predicted octanol–water partition coefficient (Wildman–Crippen LogP) is 3.93. The van der Waals surface area contributed by atoms with E-state index in [1.54, 1.807) is 37.5 Å². The number of anilines is 1. The van der Waals surface area contributed by atoms with Crippen LogP contribution in [0.2, 0.25) is 0 Å². The van der Waals surface area contributed by atoms with Crippen molar-refractivity contribution in [2.75, 3.05) is 24.6 Å². The number of fused-ring (bicyclic) bond motifs is 1. The number of aromatic nitrogens is 3. The van der Waals surface area contributed by atoms with Gasteiger partial charge in [0, 0.05) is 18.3 Å². The molecule has 34 heavy (non-hydrogen) atoms. The van der Waals surface area contributed by atoms with E-state index in [-0.39, 0.29) is 25.0 Å². The topological polar surface area (TPSA) is 98.1 Å². The summed E-state index contributed by atoms with van der Waals surface area (Å²) in [6.45, 7) is 6.55. The Hall–Kier alpha value is -3.69. The normalized spacial score (nSPS) is 16.0. The van der Waals surface area contributed by atoms with E-state index in [1.165, 1.54) is 18.3 Å². The standard InChI is InChI=1S/C24H28FN5O4/c1-24(2,3)34-23(32)26-9-12-33-20-7-6-17(25)13-18(20)19-5-4-10-29(19)21-8-11-30-22(28-21)16(15-31)14-27-30/h6-8,11,13-15,19H,4-5,9-10,12H2,1-3H3,(H,26,32)/t19-/m1/s1. The molecular formula is C24H28FN5O4. The van der Waals surface area contributed by atoms with Gasteiger partial charge in [-0.3, -0.25) is 4.79 Å². The van der Waals surface area contributed by atoms with Crippen molar-refractivity contribution in [1.82, 2.24) is 19.9 Å². The van der Waals surface area contributed by atoms with E-state index in [1.807, 2.05) is 6.07 Å². The molecule has 1 aromatic carbocycles. The van der Waals surface area contributed by atoms with Gasteiger partial charge in [-0.25, -0.2) is 18.7 Å². The van der Waals surface area contributed by atoms with Gasteiger partial charge in [-0.05, 0) is 57.9 Å². The highest BCUT2D eigenvalue weighted by atomic mass is 19.1. The molecule has 1 atom stereocenters. The molecule has 9 nitrogen and oxygen atoms in total. The van der Waals surface area contributed by atoms with Crippen molar-refractivity contribution in [3.05, 3.63) is 53.6 Å². The molecule has 1 amide bonds. The van der Waals surface area contributed by atoms with Crippen LogP contribution in [0.1, 0.15) is 55.6 Å². The largest absolute Gasteiger partial charge is 0.491 e. The average molecular weight is 470 g/mol. The number of hydrogen-bond donors (Lipinski definition) is 1. The molecule has 1 aliphatic rings. The molecular weight excluding hydrogens is 441 g/mol. The van der Waals surface area contributed by atoms with Crippen molar-refractivity contribution < 1.29 is 23.5 Å². The van der Waals surface area contributed by atoms with Gasteiger partial charge in [0.1, 0.15) is 29.6 Å². The third-order valence-corrected chi connectivity index (χ3v) is 5.41. The Labute approximate surface area is 196 Å². The first-order valence-electron chi connectivity index (χ1n) is 11.2. The number of carbonyl (C=O) groups excluding carboxylic acids is 2. The van der Waals surface area contributed by atoms with Crippen molar-refractivity contribution >= 4 is 23.8 Å². The number of rotatable bonds is 7. The van der Waals surface area contributed by atoms with Crippen LogP contribution in [0.25, 0.3) is 5.65 Å². The van der Waals surface area contributed by atoms with Gasteiger partial charge >= 0.3 is 6.09 Å². The summed E-state index contributed by atoms with van der Waals surface area (Å²) in [6, 6.07) is 6.12. The number of carbonyl (C=O) groups is 2. The summed E-state index contributed by atoms with van der Waals surface area (Å²) < 4.78 is 26.9. The number of nitrogens with zero attached hydrogens (tertiary/aromatic N) is 4. The quantitative estimate of drug-likeness (QED) is 0.414. The maximum atomic E-state index is 14.2. The van der Waals surface area contributed by atoms with Crippen LogP contribution in [-0.4, -0.2) is 52.3 Å². The number of benzene rings is 1. The van der Waals surface area contributed by atoms with Crippen LogP contribution in [0.3, 0.4) is 0 Å². The summed E-state index contributed by atoms with van der Waals surface area (Å²) >= 11 is 0. The summed E-state index contributed by atoms with van der Waals surface area (Å²) in [5.41, 5.74) is 1.01. The van der Waals surface area contributed by atoms with Crippen LogP contribution in [0.5, 0.6) is 5.75 Å². The molecule has 4 rings (SSSR count). The predicted molar refractivity (Wildman–Crippen MR) is 124 cm³/mol. The molecule has 10 heteroatoms. The molecule has 0 bridgehead atoms. The Morgan fingerprint density at radius 2 is 2.15 bits per heavy atom. The Kier molecular flexibility index (Phi) is 6.67. The smallest absolute Gasteiger partial charge is 0.407 e. The third-order valence-electron chi connectivity index (χ3n) is 5.41. The number of ether oxygens (including phenoxy) is 2. The minimum absolute atomic E-state index is 0.151. The van der Waals surface area contributed by atoms with Crippen LogP contribution >= 0.6 is 0 Å². The Morgan fingerprint density at radius 1 is 1.32 bits per heavy atom. The number of aldehydes is 1. The number of amides is 1. The highest BCUT2D eigenvalue weighted by molar-refractivity contribution is 5.84. The summed E-state index contributed by atoms with van der Waals surface area (Å²) in [5.74, 6) is 0.868. The summed E-state index contributed by atoms with van der Waals surface area (Å²) in [6.07, 6.45) is 5.13. The van der Waals surface area contributed by atoms with Crippen molar-refractivity contribution in [2.45, 2.75) is 45.3 Å². The van der Waals surface area contributed by atoms with Crippen LogP contribution in [0.4, 0.5) is 15.0 Å². The summed E-state index contributed by atoms with van der Waals surface area (Å²) in [5, 5.41) is 6.78. The zero-order chi connectivity index (χ0) is 24.3. The first-order chi connectivity index (χ1) is 16.2. The highest BCUT2D eigenvalue weighted by Crippen LogP contribution is 2.39. The van der Waals surface area contributed by atoms with E-state index >= 15 is 0 Å². The molecule has 1 aliphatic heterocycles. The van der Waals surface area contributed by atoms with Crippen LogP contribution in [-0.2, 0) is 4.74 Å². The van der Waals surface area contributed by atoms with E-state index in [9.17, 15) is 14.0 Å². The lowest BCUT2D eigenvalue weighted by molar-refractivity contribution is 0.0520. The second-order valence-electron chi connectivity index (χ2n) is 9.08. The minimum atomic E-state index is -0.582. The van der Waals surface area contributed by atoms with E-state index in [4.69, 9.17) is 9.47 Å². The monoisotopic (exact) mass is 469 g/mol. The molecule has 3 heterocycles. The van der Waals surface area contributed by atoms with E-state index in [0.29, 0.717) is 28.3 Å². The van der Waals surface area contributed by atoms with E-state index in [2.05, 4.69) is 20.3 Å². The van der Waals surface area contributed by atoms with Gasteiger partial charge in [-0.1, -0.05) is 0 Å². The molecule has 2 aromatic heterocycles. The van der Waals surface area contributed by atoms with Gasteiger partial charge in [0.05, 0.1) is 24.3 Å². The first kappa shape index (κ1) is 23.5. The number of nitrogens with one attached hydrogen (secondary N) is 1. The molecule has 0 spiro atoms. The Morgan fingerprint density at radius 3 is 2.91 bits per heavy atom. The van der Waals surface area contributed by atoms with Gasteiger partial charge in [0.25, 0.3) is 0 Å². The van der Waals surface area contributed by atoms with Gasteiger partial charge in [-0.2, -0.15) is 5.10 Å². The lowest BCUT2D eigenvalue weighted by atomic mass is 10.0. The maximum Gasteiger partial charge on any atom is 0.407 e. The molecule has 0 unspecified atom stereocenters. The van der Waals surface area contributed by atoms with Gasteiger partial charge in [0.15, 0.2) is 11.9 Å². The van der Waals surface area contributed by atoms with Crippen LogP contribution in [0, 0.1) is 5.82 Å². The number of halogens is 1. The van der Waals surface area contributed by atoms with Crippen molar-refractivity contribution in [1.29, 1.82) is 0 Å². The molecule has 180 valence electrons. The first-order valence-corrected chi connectivity index (χ1v) is 11.2. The van der Waals surface area contributed by atoms with Crippen molar-refractivity contribution in [2.24, 2.45) is 0 Å². The van der Waals surface area contributed by atoms with Crippen LogP contribution < -0.4 is 15.0 Å². The van der Waals surface area contributed by atoms with Crippen molar-refractivity contribution in [3.8, 4) is 5.75 Å². The lowest BCUT2D eigenvalue weighted by Crippen LogP contribution is -2.34.